The monoisotopic (exact) mass is 426 g/mol. The van der Waals surface area contributed by atoms with Crippen LogP contribution in [0.3, 0.4) is 0 Å². The lowest BCUT2D eigenvalue weighted by Crippen LogP contribution is -2.46. The van der Waals surface area contributed by atoms with E-state index in [1.54, 1.807) is 25.2 Å². The van der Waals surface area contributed by atoms with Gasteiger partial charge in [0.25, 0.3) is 0 Å². The zero-order chi connectivity index (χ0) is 19.9. The normalized spacial score (nSPS) is 20.5. The number of likely N-dealkylation sites (tertiary alicyclic amines) is 1. The summed E-state index contributed by atoms with van der Waals surface area (Å²) < 4.78 is 5.67. The fraction of sp³-hybridized carbons (Fsp3) is 0.600. The van der Waals surface area contributed by atoms with E-state index in [0.29, 0.717) is 40.8 Å². The second-order valence-corrected chi connectivity index (χ2v) is 8.08. The molecule has 154 valence electrons. The predicted octanol–water partition coefficient (Wildman–Crippen LogP) is 3.33. The van der Waals surface area contributed by atoms with Crippen molar-refractivity contribution in [3.63, 3.8) is 0 Å². The zero-order valence-corrected chi connectivity index (χ0v) is 17.7. The van der Waals surface area contributed by atoms with E-state index >= 15 is 0 Å². The van der Waals surface area contributed by atoms with Crippen LogP contribution in [0.1, 0.15) is 32.1 Å². The first-order chi connectivity index (χ1) is 13.6. The summed E-state index contributed by atoms with van der Waals surface area (Å²) >= 11 is 12.1. The van der Waals surface area contributed by atoms with Crippen molar-refractivity contribution in [2.24, 2.45) is 10.9 Å². The number of carbonyl (C=O) groups is 1. The van der Waals surface area contributed by atoms with Gasteiger partial charge in [-0.3, -0.25) is 9.79 Å². The highest BCUT2D eigenvalue weighted by Gasteiger charge is 2.32. The van der Waals surface area contributed by atoms with E-state index in [-0.39, 0.29) is 12.0 Å². The molecule has 1 saturated heterocycles. The van der Waals surface area contributed by atoms with Gasteiger partial charge in [-0.15, -0.1) is 0 Å². The van der Waals surface area contributed by atoms with Gasteiger partial charge in [0, 0.05) is 32.1 Å². The number of aliphatic imine (C=N–C) groups is 1. The van der Waals surface area contributed by atoms with Crippen molar-refractivity contribution in [1.29, 1.82) is 0 Å². The quantitative estimate of drug-likeness (QED) is 0.415. The topological polar surface area (TPSA) is 66.0 Å². The molecule has 6 nitrogen and oxygen atoms in total. The third-order valence-electron chi connectivity index (χ3n) is 5.34. The van der Waals surface area contributed by atoms with Crippen molar-refractivity contribution >= 4 is 35.1 Å². The highest BCUT2D eigenvalue weighted by Crippen LogP contribution is 2.31. The molecule has 0 aromatic heterocycles. The van der Waals surface area contributed by atoms with Crippen molar-refractivity contribution in [3.8, 4) is 5.75 Å². The standard InChI is InChI=1S/C20H28Cl2N4O2/c1-23-20(24-10-12-28-17-8-4-7-16(21)18(17)22)25-15-9-11-26(13-15)19(27)14-5-2-3-6-14/h4,7-8,14-15H,2-3,5-6,9-13H2,1H3,(H2,23,24,25). The molecule has 28 heavy (non-hydrogen) atoms. The molecule has 1 aromatic rings. The summed E-state index contributed by atoms with van der Waals surface area (Å²) in [5.74, 6) is 1.85. The summed E-state index contributed by atoms with van der Waals surface area (Å²) in [6.07, 6.45) is 5.41. The summed E-state index contributed by atoms with van der Waals surface area (Å²) in [4.78, 5) is 18.8. The Morgan fingerprint density at radius 1 is 1.29 bits per heavy atom. The highest BCUT2D eigenvalue weighted by molar-refractivity contribution is 6.42. The fourth-order valence-electron chi connectivity index (χ4n) is 3.82. The van der Waals surface area contributed by atoms with Crippen molar-refractivity contribution in [3.05, 3.63) is 28.2 Å². The molecule has 1 aliphatic carbocycles. The summed E-state index contributed by atoms with van der Waals surface area (Å²) in [7, 11) is 1.74. The molecule has 1 aromatic carbocycles. The number of guanidine groups is 1. The Hall–Kier alpha value is -1.66. The third-order valence-corrected chi connectivity index (χ3v) is 6.14. The molecule has 2 fully saturated rings. The largest absolute Gasteiger partial charge is 0.490 e. The number of ether oxygens (including phenoxy) is 1. The Bertz CT molecular complexity index is 707. The predicted molar refractivity (Wildman–Crippen MR) is 113 cm³/mol. The van der Waals surface area contributed by atoms with Crippen LogP contribution in [0.25, 0.3) is 0 Å². The number of nitrogens with zero attached hydrogens (tertiary/aromatic N) is 2. The van der Waals surface area contributed by atoms with Crippen LogP contribution in [-0.2, 0) is 4.79 Å². The van der Waals surface area contributed by atoms with E-state index in [9.17, 15) is 4.79 Å². The molecule has 0 radical (unpaired) electrons. The van der Waals surface area contributed by atoms with E-state index in [1.807, 2.05) is 4.90 Å². The minimum Gasteiger partial charge on any atom is -0.490 e. The molecule has 1 saturated carbocycles. The zero-order valence-electron chi connectivity index (χ0n) is 16.2. The number of nitrogens with one attached hydrogen (secondary N) is 2. The third kappa shape index (κ3) is 5.45. The van der Waals surface area contributed by atoms with Crippen molar-refractivity contribution < 1.29 is 9.53 Å². The molecule has 1 unspecified atom stereocenters. The summed E-state index contributed by atoms with van der Waals surface area (Å²) in [5.41, 5.74) is 0. The Labute approximate surface area is 176 Å². The molecule has 0 bridgehead atoms. The molecule has 1 heterocycles. The highest BCUT2D eigenvalue weighted by atomic mass is 35.5. The maximum Gasteiger partial charge on any atom is 0.225 e. The number of rotatable bonds is 6. The van der Waals surface area contributed by atoms with Gasteiger partial charge in [-0.05, 0) is 31.4 Å². The number of hydrogen-bond acceptors (Lipinski definition) is 3. The Kier molecular flexibility index (Phi) is 7.68. The molecule has 3 rings (SSSR count). The number of carbonyl (C=O) groups excluding carboxylic acids is 1. The van der Waals surface area contributed by atoms with Gasteiger partial charge in [0.15, 0.2) is 5.96 Å². The van der Waals surface area contributed by atoms with Crippen LogP contribution in [0, 0.1) is 5.92 Å². The minimum absolute atomic E-state index is 0.222. The molecule has 1 amide bonds. The van der Waals surface area contributed by atoms with Gasteiger partial charge >= 0.3 is 0 Å². The number of amides is 1. The van der Waals surface area contributed by atoms with E-state index in [1.165, 1.54) is 12.8 Å². The van der Waals surface area contributed by atoms with Gasteiger partial charge in [-0.25, -0.2) is 0 Å². The van der Waals surface area contributed by atoms with Gasteiger partial charge in [0.2, 0.25) is 5.91 Å². The molecule has 2 N–H and O–H groups in total. The van der Waals surface area contributed by atoms with Gasteiger partial charge in [0.05, 0.1) is 11.6 Å². The minimum atomic E-state index is 0.222. The van der Waals surface area contributed by atoms with Crippen LogP contribution in [0.15, 0.2) is 23.2 Å². The van der Waals surface area contributed by atoms with Crippen LogP contribution in [-0.4, -0.2) is 56.1 Å². The van der Waals surface area contributed by atoms with Crippen LogP contribution < -0.4 is 15.4 Å². The average Bonchev–Trinajstić information content (AvgIpc) is 3.39. The van der Waals surface area contributed by atoms with Gasteiger partial charge in [-0.2, -0.15) is 0 Å². The van der Waals surface area contributed by atoms with Crippen LogP contribution >= 0.6 is 23.2 Å². The molecular formula is C20H28Cl2N4O2. The lowest BCUT2D eigenvalue weighted by molar-refractivity contribution is -0.134. The Balaban J connectivity index is 1.39. The van der Waals surface area contributed by atoms with E-state index < -0.39 is 0 Å². The van der Waals surface area contributed by atoms with E-state index in [2.05, 4.69) is 15.6 Å². The van der Waals surface area contributed by atoms with E-state index in [0.717, 1.165) is 32.4 Å². The SMILES string of the molecule is CN=C(NCCOc1cccc(Cl)c1Cl)NC1CCN(C(=O)C2CCCC2)C1. The summed E-state index contributed by atoms with van der Waals surface area (Å²) in [6, 6.07) is 5.54. The molecule has 1 aliphatic heterocycles. The lowest BCUT2D eigenvalue weighted by Gasteiger charge is -2.21. The average molecular weight is 427 g/mol. The first-order valence-electron chi connectivity index (χ1n) is 9.91. The Morgan fingerprint density at radius 2 is 2.07 bits per heavy atom. The second kappa shape index (κ2) is 10.2. The summed E-state index contributed by atoms with van der Waals surface area (Å²) in [6.45, 7) is 2.56. The lowest BCUT2D eigenvalue weighted by atomic mass is 10.1. The van der Waals surface area contributed by atoms with Crippen LogP contribution in [0.5, 0.6) is 5.75 Å². The fourth-order valence-corrected chi connectivity index (χ4v) is 4.17. The van der Waals surface area contributed by atoms with Crippen LogP contribution in [0.4, 0.5) is 0 Å². The Morgan fingerprint density at radius 3 is 2.82 bits per heavy atom. The smallest absolute Gasteiger partial charge is 0.225 e. The number of hydrogen-bond donors (Lipinski definition) is 2. The molecular weight excluding hydrogens is 399 g/mol. The van der Waals surface area contributed by atoms with Crippen molar-refractivity contribution in [2.45, 2.75) is 38.1 Å². The van der Waals surface area contributed by atoms with Crippen molar-refractivity contribution in [1.82, 2.24) is 15.5 Å². The van der Waals surface area contributed by atoms with Gasteiger partial charge < -0.3 is 20.3 Å². The number of halogens is 2. The van der Waals surface area contributed by atoms with Crippen molar-refractivity contribution in [2.75, 3.05) is 33.3 Å². The van der Waals surface area contributed by atoms with Gasteiger partial charge in [-0.1, -0.05) is 42.1 Å². The second-order valence-electron chi connectivity index (χ2n) is 7.29. The molecule has 8 heteroatoms. The maximum absolute atomic E-state index is 12.6. The molecule has 0 spiro atoms. The first kappa shape index (κ1) is 21.1. The first-order valence-corrected chi connectivity index (χ1v) is 10.7. The number of benzene rings is 1. The molecule has 1 atom stereocenters. The molecule has 2 aliphatic rings. The summed E-state index contributed by atoms with van der Waals surface area (Å²) in [5, 5.41) is 7.53. The van der Waals surface area contributed by atoms with Gasteiger partial charge in [0.1, 0.15) is 17.4 Å². The van der Waals surface area contributed by atoms with E-state index in [4.69, 9.17) is 27.9 Å². The maximum atomic E-state index is 12.6. The van der Waals surface area contributed by atoms with Crippen LogP contribution in [0.2, 0.25) is 10.0 Å².